The van der Waals surface area contributed by atoms with E-state index in [1.165, 1.54) is 19.2 Å². The van der Waals surface area contributed by atoms with Crippen LogP contribution in [-0.4, -0.2) is 24.1 Å². The Morgan fingerprint density at radius 3 is 2.89 bits per heavy atom. The lowest BCUT2D eigenvalue weighted by Gasteiger charge is -2.13. The molecular weight excluding hydrogens is 251 g/mol. The van der Waals surface area contributed by atoms with Gasteiger partial charge in [-0.1, -0.05) is 25.6 Å². The Hall–Kier alpha value is -1.23. The summed E-state index contributed by atoms with van der Waals surface area (Å²) in [6.45, 7) is 5.21. The lowest BCUT2D eigenvalue weighted by atomic mass is 10.1. The second-order valence-corrected chi connectivity index (χ2v) is 5.74. The van der Waals surface area contributed by atoms with Gasteiger partial charge in [-0.25, -0.2) is 4.39 Å². The number of nitrogens with one attached hydrogen (secondary N) is 1. The molecule has 0 bridgehead atoms. The molecule has 5 heteroatoms. The minimum Gasteiger partial charge on any atom is -0.494 e. The van der Waals surface area contributed by atoms with Gasteiger partial charge in [0.2, 0.25) is 0 Å². The summed E-state index contributed by atoms with van der Waals surface area (Å²) in [5.41, 5.74) is 0.745. The Morgan fingerprint density at radius 2 is 2.28 bits per heavy atom. The van der Waals surface area contributed by atoms with Crippen molar-refractivity contribution in [3.63, 3.8) is 0 Å². The number of benzene rings is 1. The van der Waals surface area contributed by atoms with Crippen molar-refractivity contribution in [3.8, 4) is 5.75 Å². The van der Waals surface area contributed by atoms with E-state index in [9.17, 15) is 4.39 Å². The number of thioether (sulfide) groups is 1. The minimum absolute atomic E-state index is 0.307. The van der Waals surface area contributed by atoms with E-state index in [0.29, 0.717) is 16.9 Å². The van der Waals surface area contributed by atoms with Crippen molar-refractivity contribution in [1.82, 2.24) is 0 Å². The number of nitrogens with zero attached hydrogens (tertiary/aromatic N) is 1. The Labute approximate surface area is 111 Å². The maximum absolute atomic E-state index is 13.1. The van der Waals surface area contributed by atoms with Crippen LogP contribution < -0.4 is 10.1 Å². The van der Waals surface area contributed by atoms with Gasteiger partial charge in [0.15, 0.2) is 5.17 Å². The van der Waals surface area contributed by atoms with Gasteiger partial charge in [0.25, 0.3) is 0 Å². The minimum atomic E-state index is -0.307. The average molecular weight is 268 g/mol. The lowest BCUT2D eigenvalue weighted by Crippen LogP contribution is -2.13. The van der Waals surface area contributed by atoms with Crippen LogP contribution in [0.4, 0.5) is 10.1 Å². The smallest absolute Gasteiger partial charge is 0.161 e. The van der Waals surface area contributed by atoms with Gasteiger partial charge in [-0.05, 0) is 18.1 Å². The first-order valence-corrected chi connectivity index (χ1v) is 6.79. The van der Waals surface area contributed by atoms with Crippen LogP contribution in [0.1, 0.15) is 13.8 Å². The second kappa shape index (κ2) is 5.61. The van der Waals surface area contributed by atoms with Crippen LogP contribution in [0, 0.1) is 11.7 Å². The zero-order valence-corrected chi connectivity index (χ0v) is 11.6. The van der Waals surface area contributed by atoms with E-state index in [4.69, 9.17) is 4.74 Å². The van der Waals surface area contributed by atoms with Gasteiger partial charge in [0.1, 0.15) is 11.6 Å². The van der Waals surface area contributed by atoms with Gasteiger partial charge in [0, 0.05) is 11.3 Å². The van der Waals surface area contributed by atoms with E-state index in [-0.39, 0.29) is 5.82 Å². The molecule has 18 heavy (non-hydrogen) atoms. The highest BCUT2D eigenvalue weighted by molar-refractivity contribution is 8.15. The van der Waals surface area contributed by atoms with Gasteiger partial charge in [-0.2, -0.15) is 0 Å². The number of halogens is 1. The molecule has 0 saturated heterocycles. The molecule has 1 heterocycles. The summed E-state index contributed by atoms with van der Waals surface area (Å²) in [7, 11) is 1.53. The van der Waals surface area contributed by atoms with Gasteiger partial charge < -0.3 is 10.1 Å². The summed E-state index contributed by atoms with van der Waals surface area (Å²) in [6, 6.07) is 4.44. The summed E-state index contributed by atoms with van der Waals surface area (Å²) in [5.74, 6) is 0.776. The SMILES string of the molecule is COc1cc(F)ccc1NC1=NCC(C(C)C)S1. The molecule has 3 nitrogen and oxygen atoms in total. The molecule has 1 N–H and O–H groups in total. The third kappa shape index (κ3) is 2.96. The maximum Gasteiger partial charge on any atom is 0.161 e. The number of hydrogen-bond donors (Lipinski definition) is 1. The number of rotatable bonds is 3. The quantitative estimate of drug-likeness (QED) is 0.912. The highest BCUT2D eigenvalue weighted by atomic mass is 32.2. The fraction of sp³-hybridized carbons (Fsp3) is 0.462. The fourth-order valence-corrected chi connectivity index (χ4v) is 2.72. The van der Waals surface area contributed by atoms with Crippen LogP contribution in [0.25, 0.3) is 0 Å². The molecule has 0 spiro atoms. The molecule has 0 aromatic heterocycles. The van der Waals surface area contributed by atoms with Crippen molar-refractivity contribution in [1.29, 1.82) is 0 Å². The Morgan fingerprint density at radius 1 is 1.50 bits per heavy atom. The van der Waals surface area contributed by atoms with E-state index in [0.717, 1.165) is 17.4 Å². The predicted octanol–water partition coefficient (Wildman–Crippen LogP) is 3.37. The van der Waals surface area contributed by atoms with Crippen LogP contribution in [0.5, 0.6) is 5.75 Å². The average Bonchev–Trinajstić information content (AvgIpc) is 2.80. The van der Waals surface area contributed by atoms with Gasteiger partial charge in [-0.15, -0.1) is 0 Å². The van der Waals surface area contributed by atoms with Crippen LogP contribution in [0.2, 0.25) is 0 Å². The third-order valence-corrected chi connectivity index (χ3v) is 4.28. The Balaban J connectivity index is 2.07. The standard InChI is InChI=1S/C13H17FN2OS/c1-8(2)12-7-15-13(18-12)16-10-5-4-9(14)6-11(10)17-3/h4-6,8,12H,7H2,1-3H3,(H,15,16). The van der Waals surface area contributed by atoms with Crippen molar-refractivity contribution in [2.75, 3.05) is 19.0 Å². The Kier molecular flexibility index (Phi) is 4.11. The van der Waals surface area contributed by atoms with Gasteiger partial charge in [-0.3, -0.25) is 4.99 Å². The molecule has 1 atom stereocenters. The van der Waals surface area contributed by atoms with Crippen molar-refractivity contribution < 1.29 is 9.13 Å². The van der Waals surface area contributed by atoms with E-state index in [2.05, 4.69) is 24.2 Å². The highest BCUT2D eigenvalue weighted by Crippen LogP contribution is 2.31. The van der Waals surface area contributed by atoms with Crippen LogP contribution >= 0.6 is 11.8 Å². The van der Waals surface area contributed by atoms with Crippen molar-refractivity contribution >= 4 is 22.6 Å². The van der Waals surface area contributed by atoms with Crippen molar-refractivity contribution in [2.45, 2.75) is 19.1 Å². The molecule has 1 unspecified atom stereocenters. The molecular formula is C13H17FN2OS. The number of methoxy groups -OCH3 is 1. The monoisotopic (exact) mass is 268 g/mol. The first-order chi connectivity index (χ1) is 8.60. The molecule has 98 valence electrons. The van der Waals surface area contributed by atoms with Crippen LogP contribution in [0.15, 0.2) is 23.2 Å². The summed E-state index contributed by atoms with van der Waals surface area (Å²) >= 11 is 1.73. The van der Waals surface area contributed by atoms with E-state index in [1.54, 1.807) is 17.8 Å². The molecule has 1 aromatic rings. The molecule has 1 aromatic carbocycles. The van der Waals surface area contributed by atoms with Crippen molar-refractivity contribution in [3.05, 3.63) is 24.0 Å². The Bertz CT molecular complexity index is 462. The molecule has 1 aliphatic heterocycles. The third-order valence-electron chi connectivity index (χ3n) is 2.83. The van der Waals surface area contributed by atoms with Crippen LogP contribution in [0.3, 0.4) is 0 Å². The predicted molar refractivity (Wildman–Crippen MR) is 75.1 cm³/mol. The van der Waals surface area contributed by atoms with Gasteiger partial charge in [0.05, 0.1) is 19.3 Å². The molecule has 0 fully saturated rings. The number of anilines is 1. The second-order valence-electron chi connectivity index (χ2n) is 4.52. The molecule has 1 aliphatic rings. The number of hydrogen-bond acceptors (Lipinski definition) is 4. The summed E-state index contributed by atoms with van der Waals surface area (Å²) < 4.78 is 18.2. The zero-order chi connectivity index (χ0) is 13.1. The van der Waals surface area contributed by atoms with Crippen LogP contribution in [-0.2, 0) is 0 Å². The topological polar surface area (TPSA) is 33.6 Å². The first-order valence-electron chi connectivity index (χ1n) is 5.92. The van der Waals surface area contributed by atoms with Gasteiger partial charge >= 0.3 is 0 Å². The summed E-state index contributed by atoms with van der Waals surface area (Å²) in [4.78, 5) is 4.45. The number of aliphatic imine (C=N–C) groups is 1. The highest BCUT2D eigenvalue weighted by Gasteiger charge is 2.23. The van der Waals surface area contributed by atoms with E-state index >= 15 is 0 Å². The molecule has 0 saturated carbocycles. The largest absolute Gasteiger partial charge is 0.494 e. The van der Waals surface area contributed by atoms with E-state index < -0.39 is 0 Å². The van der Waals surface area contributed by atoms with Crippen molar-refractivity contribution in [2.24, 2.45) is 10.9 Å². The summed E-state index contributed by atoms with van der Waals surface area (Å²) in [6.07, 6.45) is 0. The summed E-state index contributed by atoms with van der Waals surface area (Å²) in [5, 5.41) is 4.58. The fourth-order valence-electron chi connectivity index (χ4n) is 1.69. The first kappa shape index (κ1) is 13.2. The molecule has 2 rings (SSSR count). The molecule has 0 radical (unpaired) electrons. The molecule has 0 amide bonds. The number of amidine groups is 1. The lowest BCUT2D eigenvalue weighted by molar-refractivity contribution is 0.413. The normalized spacial score (nSPS) is 18.9. The zero-order valence-electron chi connectivity index (χ0n) is 10.7. The maximum atomic E-state index is 13.1. The molecule has 0 aliphatic carbocycles. The number of ether oxygens (including phenoxy) is 1. The van der Waals surface area contributed by atoms with E-state index in [1.807, 2.05) is 0 Å².